The van der Waals surface area contributed by atoms with Gasteiger partial charge in [0.05, 0.1) is 7.11 Å². The summed E-state index contributed by atoms with van der Waals surface area (Å²) in [6.45, 7) is 0. The first kappa shape index (κ1) is 11.0. The molecule has 86 valence electrons. The van der Waals surface area contributed by atoms with Crippen molar-refractivity contribution in [3.05, 3.63) is 29.3 Å². The van der Waals surface area contributed by atoms with E-state index in [1.165, 1.54) is 32.8 Å². The van der Waals surface area contributed by atoms with Crippen LogP contribution in [0.4, 0.5) is 0 Å². The summed E-state index contributed by atoms with van der Waals surface area (Å²) in [5.74, 6) is 0.0509. The molecule has 2 rings (SSSR count). The molecule has 1 saturated carbocycles. The predicted molar refractivity (Wildman–Crippen MR) is 61.2 cm³/mol. The number of carboxylic acid groups (broad SMARTS) is 1. The average molecular weight is 220 g/mol. The lowest BCUT2D eigenvalue weighted by atomic mass is 9.95. The first-order valence-corrected chi connectivity index (χ1v) is 5.63. The maximum absolute atomic E-state index is 11.1. The molecule has 0 amide bonds. The first-order chi connectivity index (χ1) is 7.72. The third-order valence-electron chi connectivity index (χ3n) is 3.28. The number of benzene rings is 1. The van der Waals surface area contributed by atoms with Crippen molar-refractivity contribution < 1.29 is 14.6 Å². The second-order valence-corrected chi connectivity index (χ2v) is 4.25. The Labute approximate surface area is 95.0 Å². The molecular weight excluding hydrogens is 204 g/mol. The van der Waals surface area contributed by atoms with Crippen LogP contribution in [-0.2, 0) is 0 Å². The molecule has 0 unspecified atom stereocenters. The van der Waals surface area contributed by atoms with Crippen molar-refractivity contribution in [1.29, 1.82) is 0 Å². The van der Waals surface area contributed by atoms with E-state index < -0.39 is 5.97 Å². The highest BCUT2D eigenvalue weighted by molar-refractivity contribution is 5.91. The van der Waals surface area contributed by atoms with Gasteiger partial charge in [-0.1, -0.05) is 18.9 Å². The van der Waals surface area contributed by atoms with Gasteiger partial charge in [0.1, 0.15) is 11.3 Å². The molecular formula is C13H16O3. The van der Waals surface area contributed by atoms with Gasteiger partial charge in [0.2, 0.25) is 0 Å². The fraction of sp³-hybridized carbons (Fsp3) is 0.462. The minimum atomic E-state index is -0.920. The van der Waals surface area contributed by atoms with E-state index in [1.54, 1.807) is 12.1 Å². The largest absolute Gasteiger partial charge is 0.496 e. The van der Waals surface area contributed by atoms with Crippen molar-refractivity contribution in [2.24, 2.45) is 0 Å². The number of carboxylic acids is 1. The molecule has 0 spiro atoms. The van der Waals surface area contributed by atoms with E-state index in [1.807, 2.05) is 6.07 Å². The van der Waals surface area contributed by atoms with Crippen LogP contribution in [0.15, 0.2) is 18.2 Å². The zero-order valence-electron chi connectivity index (χ0n) is 9.40. The zero-order chi connectivity index (χ0) is 11.5. The van der Waals surface area contributed by atoms with Crippen LogP contribution in [0.1, 0.15) is 47.5 Å². The van der Waals surface area contributed by atoms with E-state index in [4.69, 9.17) is 9.84 Å². The molecule has 3 nitrogen and oxygen atoms in total. The number of hydrogen-bond donors (Lipinski definition) is 1. The van der Waals surface area contributed by atoms with Crippen LogP contribution in [0.25, 0.3) is 0 Å². The van der Waals surface area contributed by atoms with Crippen molar-refractivity contribution in [3.8, 4) is 5.75 Å². The molecule has 1 aliphatic rings. The van der Waals surface area contributed by atoms with Gasteiger partial charge >= 0.3 is 5.97 Å². The molecule has 3 heteroatoms. The predicted octanol–water partition coefficient (Wildman–Crippen LogP) is 3.05. The highest BCUT2D eigenvalue weighted by atomic mass is 16.5. The van der Waals surface area contributed by atoms with Gasteiger partial charge < -0.3 is 9.84 Å². The van der Waals surface area contributed by atoms with Gasteiger partial charge in [0.15, 0.2) is 0 Å². The zero-order valence-corrected chi connectivity index (χ0v) is 9.40. The molecule has 0 heterocycles. The van der Waals surface area contributed by atoms with E-state index in [2.05, 4.69) is 0 Å². The van der Waals surface area contributed by atoms with Crippen LogP contribution in [0.3, 0.4) is 0 Å². The topological polar surface area (TPSA) is 46.5 Å². The van der Waals surface area contributed by atoms with Crippen LogP contribution in [0.5, 0.6) is 5.75 Å². The lowest BCUT2D eigenvalue weighted by Gasteiger charge is -2.12. The van der Waals surface area contributed by atoms with Gasteiger partial charge in [-0.05, 0) is 36.5 Å². The Balaban J connectivity index is 2.34. The summed E-state index contributed by atoms with van der Waals surface area (Å²) in [6.07, 6.45) is 4.84. The number of methoxy groups -OCH3 is 1. The SMILES string of the molecule is COc1ccc(C2CCCC2)cc1C(=O)O. The lowest BCUT2D eigenvalue weighted by Crippen LogP contribution is -2.03. The number of aromatic carboxylic acids is 1. The van der Waals surface area contributed by atoms with Gasteiger partial charge in [0.25, 0.3) is 0 Å². The summed E-state index contributed by atoms with van der Waals surface area (Å²) < 4.78 is 5.04. The fourth-order valence-electron chi connectivity index (χ4n) is 2.41. The molecule has 1 aliphatic carbocycles. The van der Waals surface area contributed by atoms with Crippen molar-refractivity contribution in [2.75, 3.05) is 7.11 Å². The Kier molecular flexibility index (Phi) is 3.13. The number of ether oxygens (including phenoxy) is 1. The van der Waals surface area contributed by atoms with E-state index >= 15 is 0 Å². The monoisotopic (exact) mass is 220 g/mol. The first-order valence-electron chi connectivity index (χ1n) is 5.63. The highest BCUT2D eigenvalue weighted by Crippen LogP contribution is 2.35. The van der Waals surface area contributed by atoms with Gasteiger partial charge in [0, 0.05) is 0 Å². The summed E-state index contributed by atoms with van der Waals surface area (Å²) >= 11 is 0. The summed E-state index contributed by atoms with van der Waals surface area (Å²) in [6, 6.07) is 5.51. The third-order valence-corrected chi connectivity index (χ3v) is 3.28. The Morgan fingerprint density at radius 2 is 2.06 bits per heavy atom. The molecule has 16 heavy (non-hydrogen) atoms. The quantitative estimate of drug-likeness (QED) is 0.851. The molecule has 1 fully saturated rings. The summed E-state index contributed by atoms with van der Waals surface area (Å²) in [5.41, 5.74) is 1.41. The van der Waals surface area contributed by atoms with Crippen LogP contribution in [0.2, 0.25) is 0 Å². The van der Waals surface area contributed by atoms with Crippen LogP contribution in [-0.4, -0.2) is 18.2 Å². The molecule has 0 aliphatic heterocycles. The minimum absolute atomic E-state index is 0.270. The second kappa shape index (κ2) is 4.56. The van der Waals surface area contributed by atoms with Gasteiger partial charge in [-0.2, -0.15) is 0 Å². The Bertz CT molecular complexity index is 392. The van der Waals surface area contributed by atoms with Crippen LogP contribution < -0.4 is 4.74 Å². The average Bonchev–Trinajstić information content (AvgIpc) is 2.81. The second-order valence-electron chi connectivity index (χ2n) is 4.25. The van der Waals surface area contributed by atoms with Crippen molar-refractivity contribution in [3.63, 3.8) is 0 Å². The number of carbonyl (C=O) groups is 1. The van der Waals surface area contributed by atoms with E-state index in [9.17, 15) is 4.79 Å². The summed E-state index contributed by atoms with van der Waals surface area (Å²) in [4.78, 5) is 11.1. The molecule has 0 saturated heterocycles. The highest BCUT2D eigenvalue weighted by Gasteiger charge is 2.20. The van der Waals surface area contributed by atoms with E-state index in [-0.39, 0.29) is 5.56 Å². The molecule has 0 radical (unpaired) electrons. The van der Waals surface area contributed by atoms with Crippen molar-refractivity contribution in [2.45, 2.75) is 31.6 Å². The third kappa shape index (κ3) is 2.03. The molecule has 1 aromatic carbocycles. The molecule has 0 atom stereocenters. The van der Waals surface area contributed by atoms with Gasteiger partial charge in [-0.3, -0.25) is 0 Å². The smallest absolute Gasteiger partial charge is 0.339 e. The Morgan fingerprint density at radius 3 is 2.62 bits per heavy atom. The Hall–Kier alpha value is -1.51. The lowest BCUT2D eigenvalue weighted by molar-refractivity contribution is 0.0693. The van der Waals surface area contributed by atoms with Gasteiger partial charge in [-0.15, -0.1) is 0 Å². The van der Waals surface area contributed by atoms with E-state index in [0.29, 0.717) is 11.7 Å². The summed E-state index contributed by atoms with van der Waals surface area (Å²) in [5, 5.41) is 9.08. The number of rotatable bonds is 3. The van der Waals surface area contributed by atoms with E-state index in [0.717, 1.165) is 5.56 Å². The summed E-state index contributed by atoms with van der Waals surface area (Å²) in [7, 11) is 1.50. The fourth-order valence-corrected chi connectivity index (χ4v) is 2.41. The molecule has 0 aromatic heterocycles. The van der Waals surface area contributed by atoms with Crippen LogP contribution in [0, 0.1) is 0 Å². The van der Waals surface area contributed by atoms with Crippen molar-refractivity contribution in [1.82, 2.24) is 0 Å². The minimum Gasteiger partial charge on any atom is -0.496 e. The molecule has 0 bridgehead atoms. The van der Waals surface area contributed by atoms with Gasteiger partial charge in [-0.25, -0.2) is 4.79 Å². The number of hydrogen-bond acceptors (Lipinski definition) is 2. The standard InChI is InChI=1S/C13H16O3/c1-16-12-7-6-10(8-11(12)13(14)15)9-4-2-3-5-9/h6-9H,2-5H2,1H3,(H,14,15). The molecule has 1 aromatic rings. The van der Waals surface area contributed by atoms with Crippen molar-refractivity contribution >= 4 is 5.97 Å². The van der Waals surface area contributed by atoms with Crippen LogP contribution >= 0.6 is 0 Å². The Morgan fingerprint density at radius 1 is 1.38 bits per heavy atom. The maximum atomic E-state index is 11.1. The maximum Gasteiger partial charge on any atom is 0.339 e. The normalized spacial score (nSPS) is 16.3. The molecule has 1 N–H and O–H groups in total.